The van der Waals surface area contributed by atoms with Crippen LogP contribution in [-0.2, 0) is 71.4 Å². The summed E-state index contributed by atoms with van der Waals surface area (Å²) in [6.45, 7) is 7.37. The first kappa shape index (κ1) is 32.9. The number of carbonyl (C=O) groups excluding carboxylic acids is 6. The average molecular weight is 579 g/mol. The van der Waals surface area contributed by atoms with Crippen LogP contribution >= 0.6 is 0 Å². The molecule has 2 saturated heterocycles. The van der Waals surface area contributed by atoms with Crippen molar-refractivity contribution >= 4 is 35.8 Å². The molecule has 0 unspecified atom stereocenters. The van der Waals surface area contributed by atoms with Crippen LogP contribution in [0.1, 0.15) is 48.5 Å². The first-order chi connectivity index (χ1) is 18.6. The molecule has 0 aromatic heterocycles. The minimum absolute atomic E-state index is 0.503. The molecular formula is C24H34O16. The third kappa shape index (κ3) is 9.11. The lowest BCUT2D eigenvalue weighted by Crippen LogP contribution is -2.66. The molecule has 0 aromatic rings. The minimum atomic E-state index is -1.71. The van der Waals surface area contributed by atoms with Crippen molar-refractivity contribution < 1.29 is 76.5 Å². The molecule has 16 nitrogen and oxygen atoms in total. The zero-order valence-electron chi connectivity index (χ0n) is 23.1. The number of hydrogen-bond acceptors (Lipinski definition) is 16. The lowest BCUT2D eigenvalue weighted by Gasteiger charge is -2.47. The van der Waals surface area contributed by atoms with Gasteiger partial charge in [-0.25, -0.2) is 0 Å². The molecule has 0 saturated carbocycles. The summed E-state index contributed by atoms with van der Waals surface area (Å²) < 4.78 is 48.9. The summed E-state index contributed by atoms with van der Waals surface area (Å²) in [5, 5.41) is 10.4. The van der Waals surface area contributed by atoms with Gasteiger partial charge in [0.05, 0.1) is 6.10 Å². The maximum Gasteiger partial charge on any atom is 0.303 e. The van der Waals surface area contributed by atoms with E-state index in [2.05, 4.69) is 0 Å². The predicted molar refractivity (Wildman–Crippen MR) is 124 cm³/mol. The summed E-state index contributed by atoms with van der Waals surface area (Å²) in [4.78, 5) is 71.1. The molecule has 0 aromatic carbocycles. The molecule has 0 spiro atoms. The van der Waals surface area contributed by atoms with E-state index in [1.807, 2.05) is 0 Å². The Morgan fingerprint density at radius 2 is 1.00 bits per heavy atom. The molecule has 2 aliphatic heterocycles. The Hall–Kier alpha value is -3.34. The van der Waals surface area contributed by atoms with Gasteiger partial charge in [-0.15, -0.1) is 0 Å². The number of ether oxygens (including phenoxy) is 9. The molecule has 0 radical (unpaired) electrons. The first-order valence-corrected chi connectivity index (χ1v) is 12.2. The van der Waals surface area contributed by atoms with E-state index >= 15 is 0 Å². The number of hydrogen-bond donors (Lipinski definition) is 1. The normalized spacial score (nSPS) is 33.6. The Kier molecular flexibility index (Phi) is 11.8. The Labute approximate surface area is 229 Å². The van der Waals surface area contributed by atoms with Crippen LogP contribution in [0.5, 0.6) is 0 Å². The van der Waals surface area contributed by atoms with Gasteiger partial charge in [-0.3, -0.25) is 28.8 Å². The zero-order chi connectivity index (χ0) is 30.3. The van der Waals surface area contributed by atoms with Gasteiger partial charge in [-0.1, -0.05) is 0 Å². The molecule has 2 aliphatic rings. The molecule has 0 bridgehead atoms. The molecule has 2 fully saturated rings. The third-order valence-corrected chi connectivity index (χ3v) is 5.59. The molecule has 2 heterocycles. The van der Waals surface area contributed by atoms with E-state index in [0.29, 0.717) is 0 Å². The Balaban J connectivity index is 2.56. The number of aliphatic hydroxyl groups is 1. The van der Waals surface area contributed by atoms with E-state index in [-0.39, 0.29) is 0 Å². The zero-order valence-corrected chi connectivity index (χ0v) is 23.1. The molecular weight excluding hydrogens is 544 g/mol. The van der Waals surface area contributed by atoms with Gasteiger partial charge in [0.25, 0.3) is 0 Å². The van der Waals surface area contributed by atoms with Gasteiger partial charge in [0.15, 0.2) is 43.1 Å². The fourth-order valence-electron chi connectivity index (χ4n) is 4.27. The van der Waals surface area contributed by atoms with E-state index in [1.165, 1.54) is 6.92 Å². The lowest BCUT2D eigenvalue weighted by molar-refractivity contribution is -0.353. The van der Waals surface area contributed by atoms with Crippen LogP contribution in [-0.4, -0.2) is 109 Å². The number of esters is 6. The maximum atomic E-state index is 12.1. The SMILES string of the molecule is CC(=O)OC[C@H]1O[C@@H](O[C@@H]2[C@@H](OC(C)=O)[C@@H](OC(C)=O)[C@H](O)O[C@H]2C)[C@H](OC(C)=O)[C@@H](OC(C)=O)[C@@H]1OC(C)=O. The monoisotopic (exact) mass is 578 g/mol. The summed E-state index contributed by atoms with van der Waals surface area (Å²) >= 11 is 0. The highest BCUT2D eigenvalue weighted by atomic mass is 16.8. The number of carbonyl (C=O) groups is 6. The largest absolute Gasteiger partial charge is 0.463 e. The van der Waals surface area contributed by atoms with Crippen molar-refractivity contribution in [1.29, 1.82) is 0 Å². The van der Waals surface area contributed by atoms with Crippen LogP contribution in [0, 0.1) is 0 Å². The molecule has 0 aliphatic carbocycles. The van der Waals surface area contributed by atoms with Crippen LogP contribution in [0.2, 0.25) is 0 Å². The Morgan fingerprint density at radius 1 is 0.575 bits per heavy atom. The van der Waals surface area contributed by atoms with Crippen molar-refractivity contribution in [3.63, 3.8) is 0 Å². The topological polar surface area (TPSA) is 206 Å². The summed E-state index contributed by atoms with van der Waals surface area (Å²) in [6.07, 6.45) is -14.6. The molecule has 1 N–H and O–H groups in total. The van der Waals surface area contributed by atoms with Crippen molar-refractivity contribution in [1.82, 2.24) is 0 Å². The minimum Gasteiger partial charge on any atom is -0.463 e. The van der Waals surface area contributed by atoms with E-state index in [1.54, 1.807) is 0 Å². The Bertz CT molecular complexity index is 965. The van der Waals surface area contributed by atoms with Crippen LogP contribution in [0.3, 0.4) is 0 Å². The second-order valence-electron chi connectivity index (χ2n) is 9.05. The van der Waals surface area contributed by atoms with Crippen LogP contribution in [0.4, 0.5) is 0 Å². The van der Waals surface area contributed by atoms with Gasteiger partial charge < -0.3 is 47.7 Å². The standard InChI is InChI=1S/C24H34O16/c1-9-17(19(35-12(4)27)21(23(31)33-9)37-14(6)29)40-24-22(38-15(7)30)20(36-13(5)28)18(34-11(3)26)16(39-24)8-32-10(2)25/h9,16-24,31H,8H2,1-7H3/t9-,16+,17-,18+,19+,20-,21+,22+,23+,24-/m0/s1. The molecule has 40 heavy (non-hydrogen) atoms. The van der Waals surface area contributed by atoms with Gasteiger partial charge in [0.1, 0.15) is 18.8 Å². The van der Waals surface area contributed by atoms with Crippen molar-refractivity contribution in [3.8, 4) is 0 Å². The molecule has 10 atom stereocenters. The molecule has 226 valence electrons. The third-order valence-electron chi connectivity index (χ3n) is 5.59. The van der Waals surface area contributed by atoms with Gasteiger partial charge in [0.2, 0.25) is 0 Å². The predicted octanol–water partition coefficient (Wildman–Crippen LogP) is -0.945. The van der Waals surface area contributed by atoms with Gasteiger partial charge in [0, 0.05) is 41.5 Å². The lowest BCUT2D eigenvalue weighted by atomic mass is 9.96. The van der Waals surface area contributed by atoms with E-state index < -0.39 is 104 Å². The summed E-state index contributed by atoms with van der Waals surface area (Å²) in [7, 11) is 0. The van der Waals surface area contributed by atoms with Crippen molar-refractivity contribution in [2.75, 3.05) is 6.61 Å². The van der Waals surface area contributed by atoms with E-state index in [9.17, 15) is 33.9 Å². The highest BCUT2D eigenvalue weighted by Gasteiger charge is 2.56. The molecule has 0 amide bonds. The Morgan fingerprint density at radius 3 is 1.48 bits per heavy atom. The van der Waals surface area contributed by atoms with Crippen LogP contribution < -0.4 is 0 Å². The van der Waals surface area contributed by atoms with Crippen LogP contribution in [0.25, 0.3) is 0 Å². The van der Waals surface area contributed by atoms with Crippen molar-refractivity contribution in [2.45, 2.75) is 110 Å². The summed E-state index contributed by atoms with van der Waals surface area (Å²) in [5.41, 5.74) is 0. The highest BCUT2D eigenvalue weighted by Crippen LogP contribution is 2.34. The molecule has 16 heteroatoms. The average Bonchev–Trinajstić information content (AvgIpc) is 2.79. The number of rotatable bonds is 9. The first-order valence-electron chi connectivity index (χ1n) is 12.2. The van der Waals surface area contributed by atoms with Crippen LogP contribution in [0.15, 0.2) is 0 Å². The summed E-state index contributed by atoms with van der Waals surface area (Å²) in [5.74, 6) is -4.89. The fourth-order valence-corrected chi connectivity index (χ4v) is 4.27. The van der Waals surface area contributed by atoms with Gasteiger partial charge in [-0.2, -0.15) is 0 Å². The van der Waals surface area contributed by atoms with E-state index in [0.717, 1.165) is 41.5 Å². The van der Waals surface area contributed by atoms with Crippen molar-refractivity contribution in [2.24, 2.45) is 0 Å². The smallest absolute Gasteiger partial charge is 0.303 e. The van der Waals surface area contributed by atoms with Gasteiger partial charge in [-0.05, 0) is 6.92 Å². The highest BCUT2D eigenvalue weighted by molar-refractivity contribution is 5.69. The quantitative estimate of drug-likeness (QED) is 0.259. The fraction of sp³-hybridized carbons (Fsp3) is 0.750. The van der Waals surface area contributed by atoms with Gasteiger partial charge >= 0.3 is 35.8 Å². The second kappa shape index (κ2) is 14.3. The number of aliphatic hydroxyl groups excluding tert-OH is 1. The molecule has 2 rings (SSSR count). The maximum absolute atomic E-state index is 12.1. The second-order valence-corrected chi connectivity index (χ2v) is 9.05. The summed E-state index contributed by atoms with van der Waals surface area (Å²) in [6, 6.07) is 0. The van der Waals surface area contributed by atoms with E-state index in [4.69, 9.17) is 42.6 Å². The van der Waals surface area contributed by atoms with Crippen molar-refractivity contribution in [3.05, 3.63) is 0 Å².